The molecule has 2 aromatic carbocycles. The molecule has 27 heavy (non-hydrogen) atoms. The minimum atomic E-state index is -0.784. The molecule has 1 atom stereocenters. The number of nitrogens with zero attached hydrogens (tertiary/aromatic N) is 2. The van der Waals surface area contributed by atoms with Gasteiger partial charge in [-0.15, -0.1) is 0 Å². The van der Waals surface area contributed by atoms with Gasteiger partial charge >= 0.3 is 0 Å². The Labute approximate surface area is 158 Å². The molecule has 0 aromatic heterocycles. The van der Waals surface area contributed by atoms with Crippen LogP contribution in [-0.4, -0.2) is 30.0 Å². The minimum absolute atomic E-state index is 0.0755. The lowest BCUT2D eigenvalue weighted by atomic mass is 10.1. The van der Waals surface area contributed by atoms with Crippen molar-refractivity contribution in [3.8, 4) is 5.75 Å². The summed E-state index contributed by atoms with van der Waals surface area (Å²) in [7, 11) is 0. The number of rotatable bonds is 6. The van der Waals surface area contributed by atoms with Crippen LogP contribution >= 0.6 is 0 Å². The highest BCUT2D eigenvalue weighted by Gasteiger charge is 2.17. The topological polar surface area (TPSA) is 84.7 Å². The third kappa shape index (κ3) is 4.97. The molecule has 1 heterocycles. The first kappa shape index (κ1) is 18.7. The van der Waals surface area contributed by atoms with Crippen molar-refractivity contribution in [3.05, 3.63) is 58.6 Å². The molecule has 1 saturated heterocycles. The zero-order valence-corrected chi connectivity index (χ0v) is 15.3. The summed E-state index contributed by atoms with van der Waals surface area (Å²) in [6.45, 7) is 3.75. The first-order valence-electron chi connectivity index (χ1n) is 9.10. The number of nitro groups is 1. The molecule has 1 fully saturated rings. The van der Waals surface area contributed by atoms with Crippen molar-refractivity contribution >= 4 is 23.0 Å². The Morgan fingerprint density at radius 2 is 1.85 bits per heavy atom. The number of non-ortho nitro benzene ring substituents is 1. The van der Waals surface area contributed by atoms with Gasteiger partial charge in [-0.05, 0) is 56.5 Å². The largest absolute Gasteiger partial charge is 0.481 e. The Hall–Kier alpha value is -3.09. The number of hydrogen-bond donors (Lipinski definition) is 1. The van der Waals surface area contributed by atoms with E-state index in [-0.39, 0.29) is 17.3 Å². The Morgan fingerprint density at radius 1 is 1.15 bits per heavy atom. The van der Waals surface area contributed by atoms with E-state index in [1.54, 1.807) is 13.0 Å². The van der Waals surface area contributed by atoms with Crippen molar-refractivity contribution in [1.82, 2.24) is 0 Å². The predicted octanol–water partition coefficient (Wildman–Crippen LogP) is 3.99. The van der Waals surface area contributed by atoms with Gasteiger partial charge in [0, 0.05) is 30.5 Å². The molecule has 1 aliphatic heterocycles. The summed E-state index contributed by atoms with van der Waals surface area (Å²) < 4.78 is 5.53. The molecule has 7 nitrogen and oxygen atoms in total. The molecule has 1 amide bonds. The van der Waals surface area contributed by atoms with E-state index < -0.39 is 11.0 Å². The average molecular weight is 369 g/mol. The van der Waals surface area contributed by atoms with Gasteiger partial charge in [-0.1, -0.05) is 6.07 Å². The van der Waals surface area contributed by atoms with Crippen LogP contribution in [0, 0.1) is 10.1 Å². The molecular weight excluding hydrogens is 346 g/mol. The molecule has 142 valence electrons. The molecule has 0 bridgehead atoms. The van der Waals surface area contributed by atoms with Crippen LogP contribution in [0.1, 0.15) is 26.2 Å². The maximum absolute atomic E-state index is 12.3. The zero-order valence-electron chi connectivity index (χ0n) is 15.3. The van der Waals surface area contributed by atoms with Gasteiger partial charge in [0.2, 0.25) is 0 Å². The van der Waals surface area contributed by atoms with Crippen LogP contribution in [0.15, 0.2) is 48.5 Å². The van der Waals surface area contributed by atoms with Crippen LogP contribution in [-0.2, 0) is 4.79 Å². The fourth-order valence-electron chi connectivity index (χ4n) is 3.08. The number of carbonyl (C=O) groups excluding carboxylic acids is 1. The fourth-order valence-corrected chi connectivity index (χ4v) is 3.08. The monoisotopic (exact) mass is 369 g/mol. The van der Waals surface area contributed by atoms with Gasteiger partial charge in [-0.2, -0.15) is 0 Å². The summed E-state index contributed by atoms with van der Waals surface area (Å²) in [5, 5.41) is 13.6. The Bertz CT molecular complexity index is 801. The molecule has 0 aliphatic carbocycles. The molecular formula is C20H23N3O4. The number of ether oxygens (including phenoxy) is 1. The smallest absolute Gasteiger partial charge is 0.273 e. The van der Waals surface area contributed by atoms with E-state index in [9.17, 15) is 14.9 Å². The van der Waals surface area contributed by atoms with Crippen LogP contribution in [0.2, 0.25) is 0 Å². The summed E-state index contributed by atoms with van der Waals surface area (Å²) in [4.78, 5) is 25.0. The normalized spacial score (nSPS) is 15.1. The van der Waals surface area contributed by atoms with Gasteiger partial charge < -0.3 is 15.0 Å². The number of piperidine rings is 1. The van der Waals surface area contributed by atoms with Crippen molar-refractivity contribution in [2.45, 2.75) is 32.3 Å². The van der Waals surface area contributed by atoms with Gasteiger partial charge in [0.05, 0.1) is 11.0 Å². The van der Waals surface area contributed by atoms with E-state index in [1.165, 1.54) is 37.5 Å². The lowest BCUT2D eigenvalue weighted by molar-refractivity contribution is -0.384. The molecule has 1 aliphatic rings. The molecule has 7 heteroatoms. The number of amides is 1. The van der Waals surface area contributed by atoms with Crippen LogP contribution in [0.4, 0.5) is 17.1 Å². The lowest BCUT2D eigenvalue weighted by Gasteiger charge is -2.28. The fraction of sp³-hybridized carbons (Fsp3) is 0.350. The van der Waals surface area contributed by atoms with E-state index >= 15 is 0 Å². The van der Waals surface area contributed by atoms with Crippen molar-refractivity contribution < 1.29 is 14.5 Å². The van der Waals surface area contributed by atoms with Crippen LogP contribution in [0.3, 0.4) is 0 Å². The number of nitrogens with one attached hydrogen (secondary N) is 1. The van der Waals surface area contributed by atoms with E-state index in [2.05, 4.69) is 10.2 Å². The van der Waals surface area contributed by atoms with Crippen molar-refractivity contribution in [2.24, 2.45) is 0 Å². The van der Waals surface area contributed by atoms with Crippen molar-refractivity contribution in [2.75, 3.05) is 23.3 Å². The van der Waals surface area contributed by atoms with E-state index in [4.69, 9.17) is 4.74 Å². The number of hydrogen-bond acceptors (Lipinski definition) is 5. The minimum Gasteiger partial charge on any atom is -0.481 e. The maximum atomic E-state index is 12.3. The standard InChI is InChI=1S/C20H23N3O4/c1-15(27-19-7-5-6-18(14-19)23(25)26)20(24)21-16-8-10-17(11-9-16)22-12-3-2-4-13-22/h5-11,14-15H,2-4,12-13H2,1H3,(H,21,24)/t15-/m1/s1. The number of nitro benzene ring substituents is 1. The Balaban J connectivity index is 1.57. The summed E-state index contributed by atoms with van der Waals surface area (Å²) in [5.41, 5.74) is 1.78. The molecule has 3 rings (SSSR count). The highest BCUT2D eigenvalue weighted by Crippen LogP contribution is 2.23. The summed E-state index contributed by atoms with van der Waals surface area (Å²) in [6.07, 6.45) is 2.93. The number of anilines is 2. The second-order valence-corrected chi connectivity index (χ2v) is 6.60. The first-order chi connectivity index (χ1) is 13.0. The van der Waals surface area contributed by atoms with Gasteiger partial charge in [0.15, 0.2) is 6.10 Å². The van der Waals surface area contributed by atoms with Crippen LogP contribution in [0.5, 0.6) is 5.75 Å². The van der Waals surface area contributed by atoms with E-state index in [0.717, 1.165) is 18.8 Å². The van der Waals surface area contributed by atoms with Crippen molar-refractivity contribution in [3.63, 3.8) is 0 Å². The molecule has 0 saturated carbocycles. The number of carbonyl (C=O) groups is 1. The highest BCUT2D eigenvalue weighted by molar-refractivity contribution is 5.94. The first-order valence-corrected chi connectivity index (χ1v) is 9.10. The van der Waals surface area contributed by atoms with Gasteiger partial charge in [0.25, 0.3) is 11.6 Å². The summed E-state index contributed by atoms with van der Waals surface area (Å²) in [5.74, 6) is -0.0282. The van der Waals surface area contributed by atoms with Crippen molar-refractivity contribution in [1.29, 1.82) is 0 Å². The second kappa shape index (κ2) is 8.53. The third-order valence-electron chi connectivity index (χ3n) is 4.57. The highest BCUT2D eigenvalue weighted by atomic mass is 16.6. The van der Waals surface area contributed by atoms with Gasteiger partial charge in [-0.25, -0.2) is 0 Å². The van der Waals surface area contributed by atoms with Crippen LogP contribution < -0.4 is 15.0 Å². The van der Waals surface area contributed by atoms with E-state index in [0.29, 0.717) is 5.69 Å². The third-order valence-corrected chi connectivity index (χ3v) is 4.57. The quantitative estimate of drug-likeness (QED) is 0.615. The molecule has 1 N–H and O–H groups in total. The zero-order chi connectivity index (χ0) is 19.2. The summed E-state index contributed by atoms with van der Waals surface area (Å²) >= 11 is 0. The molecule has 0 unspecified atom stereocenters. The molecule has 0 spiro atoms. The molecule has 0 radical (unpaired) electrons. The summed E-state index contributed by atoms with van der Waals surface area (Å²) in [6, 6.07) is 13.6. The Morgan fingerprint density at radius 3 is 2.52 bits per heavy atom. The second-order valence-electron chi connectivity index (χ2n) is 6.60. The van der Waals surface area contributed by atoms with Gasteiger partial charge in [-0.3, -0.25) is 14.9 Å². The maximum Gasteiger partial charge on any atom is 0.273 e. The van der Waals surface area contributed by atoms with E-state index in [1.807, 2.05) is 24.3 Å². The van der Waals surface area contributed by atoms with Gasteiger partial charge in [0.1, 0.15) is 5.75 Å². The lowest BCUT2D eigenvalue weighted by Crippen LogP contribution is -2.30. The molecule has 2 aromatic rings. The number of benzene rings is 2. The predicted molar refractivity (Wildman–Crippen MR) is 104 cm³/mol. The Kier molecular flexibility index (Phi) is 5.90. The average Bonchev–Trinajstić information content (AvgIpc) is 2.69. The van der Waals surface area contributed by atoms with Crippen LogP contribution in [0.25, 0.3) is 0 Å². The SMILES string of the molecule is C[C@@H](Oc1cccc([N+](=O)[O-])c1)C(=O)Nc1ccc(N2CCCCC2)cc1.